The molecule has 1 heterocycles. The summed E-state index contributed by atoms with van der Waals surface area (Å²) in [5, 5.41) is 2.83. The second-order valence-electron chi connectivity index (χ2n) is 8.63. The molecule has 4 rings (SSSR count). The van der Waals surface area contributed by atoms with Crippen molar-refractivity contribution in [1.82, 2.24) is 10.0 Å². The minimum absolute atomic E-state index is 0.00823. The summed E-state index contributed by atoms with van der Waals surface area (Å²) in [4.78, 5) is 40.5. The van der Waals surface area contributed by atoms with Crippen molar-refractivity contribution in [1.29, 1.82) is 0 Å². The molecule has 9 nitrogen and oxygen atoms in total. The fourth-order valence-corrected chi connectivity index (χ4v) is 4.93. The van der Waals surface area contributed by atoms with E-state index in [1.54, 1.807) is 48.5 Å². The first-order valence-corrected chi connectivity index (χ1v) is 13.6. The number of nitrogens with one attached hydrogen (secondary N) is 2. The largest absolute Gasteiger partial charge is 0.467 e. The number of anilines is 1. The topological polar surface area (TPSA) is 126 Å². The van der Waals surface area contributed by atoms with Crippen molar-refractivity contribution >= 4 is 33.3 Å². The van der Waals surface area contributed by atoms with E-state index in [4.69, 9.17) is 4.42 Å². The molecule has 0 saturated carbocycles. The Balaban J connectivity index is 1.69. The summed E-state index contributed by atoms with van der Waals surface area (Å²) < 4.78 is 33.5. The number of benzene rings is 3. The monoisotopic (exact) mass is 545 g/mol. The smallest absolute Gasteiger partial charge is 0.251 e. The van der Waals surface area contributed by atoms with Crippen LogP contribution in [0.15, 0.2) is 113 Å². The molecule has 3 aromatic carbocycles. The SMILES string of the molecule is CC(=O)c1cccc(N(C(=O)CNS(=O)(=O)c2ccccc2)[C@@H](C(=O)NCc2ccccc2)c2ccco2)c1. The van der Waals surface area contributed by atoms with Gasteiger partial charge >= 0.3 is 0 Å². The normalized spacial score (nSPS) is 11.9. The summed E-state index contributed by atoms with van der Waals surface area (Å²) in [7, 11) is -4.01. The minimum atomic E-state index is -4.01. The molecule has 4 aromatic rings. The van der Waals surface area contributed by atoms with Gasteiger partial charge in [0.2, 0.25) is 15.9 Å². The summed E-state index contributed by atoms with van der Waals surface area (Å²) in [5.74, 6) is -1.36. The lowest BCUT2D eigenvalue weighted by atomic mass is 10.1. The molecule has 39 heavy (non-hydrogen) atoms. The summed E-state index contributed by atoms with van der Waals surface area (Å²) in [5.41, 5.74) is 1.39. The fourth-order valence-electron chi connectivity index (χ4n) is 3.94. The van der Waals surface area contributed by atoms with Crippen LogP contribution in [-0.2, 0) is 26.2 Å². The van der Waals surface area contributed by atoms with Gasteiger partial charge in [0.1, 0.15) is 5.76 Å². The van der Waals surface area contributed by atoms with E-state index in [1.807, 2.05) is 30.3 Å². The van der Waals surface area contributed by atoms with Crippen molar-refractivity contribution in [3.8, 4) is 0 Å². The second-order valence-corrected chi connectivity index (χ2v) is 10.4. The van der Waals surface area contributed by atoms with Crippen molar-refractivity contribution < 1.29 is 27.2 Å². The van der Waals surface area contributed by atoms with E-state index in [9.17, 15) is 22.8 Å². The zero-order valence-electron chi connectivity index (χ0n) is 21.1. The van der Waals surface area contributed by atoms with Crippen molar-refractivity contribution in [2.75, 3.05) is 11.4 Å². The number of furan rings is 1. The Hall–Kier alpha value is -4.54. The van der Waals surface area contributed by atoms with Gasteiger partial charge in [-0.15, -0.1) is 0 Å². The van der Waals surface area contributed by atoms with Crippen LogP contribution < -0.4 is 14.9 Å². The van der Waals surface area contributed by atoms with Gasteiger partial charge in [-0.2, -0.15) is 0 Å². The molecular formula is C29H27N3O6S. The van der Waals surface area contributed by atoms with Crippen LogP contribution in [-0.4, -0.2) is 32.6 Å². The molecule has 0 aliphatic heterocycles. The number of rotatable bonds is 11. The van der Waals surface area contributed by atoms with E-state index in [-0.39, 0.29) is 28.7 Å². The predicted molar refractivity (Wildman–Crippen MR) is 145 cm³/mol. The maximum absolute atomic E-state index is 13.7. The lowest BCUT2D eigenvalue weighted by Crippen LogP contribution is -2.47. The van der Waals surface area contributed by atoms with E-state index in [2.05, 4.69) is 10.0 Å². The highest BCUT2D eigenvalue weighted by atomic mass is 32.2. The molecule has 1 aromatic heterocycles. The summed E-state index contributed by atoms with van der Waals surface area (Å²) in [6.07, 6.45) is 1.37. The van der Waals surface area contributed by atoms with Gasteiger partial charge in [0.05, 0.1) is 17.7 Å². The quantitative estimate of drug-likeness (QED) is 0.276. The summed E-state index contributed by atoms with van der Waals surface area (Å²) in [6, 6.07) is 24.9. The molecule has 10 heteroatoms. The van der Waals surface area contributed by atoms with E-state index in [1.165, 1.54) is 31.4 Å². The van der Waals surface area contributed by atoms with Crippen molar-refractivity contribution in [3.63, 3.8) is 0 Å². The molecule has 2 amide bonds. The first-order valence-electron chi connectivity index (χ1n) is 12.1. The fraction of sp³-hybridized carbons (Fsp3) is 0.138. The van der Waals surface area contributed by atoms with E-state index in [0.29, 0.717) is 5.56 Å². The molecule has 0 saturated heterocycles. The Morgan fingerprint density at radius 1 is 0.872 bits per heavy atom. The number of ketones is 1. The highest BCUT2D eigenvalue weighted by Gasteiger charge is 2.35. The Kier molecular flexibility index (Phi) is 8.70. The van der Waals surface area contributed by atoms with Crippen LogP contribution >= 0.6 is 0 Å². The minimum Gasteiger partial charge on any atom is -0.467 e. The molecule has 0 aliphatic rings. The Labute approximate surface area is 226 Å². The molecule has 0 aliphatic carbocycles. The van der Waals surface area contributed by atoms with E-state index < -0.39 is 34.4 Å². The Bertz CT molecular complexity index is 1540. The molecule has 0 unspecified atom stereocenters. The van der Waals surface area contributed by atoms with Gasteiger partial charge in [-0.25, -0.2) is 13.1 Å². The maximum atomic E-state index is 13.7. The van der Waals surface area contributed by atoms with Crippen molar-refractivity contribution in [2.24, 2.45) is 0 Å². The zero-order chi connectivity index (χ0) is 27.8. The third kappa shape index (κ3) is 6.86. The van der Waals surface area contributed by atoms with Gasteiger partial charge in [0, 0.05) is 17.8 Å². The number of carbonyl (C=O) groups excluding carboxylic acids is 3. The summed E-state index contributed by atoms with van der Waals surface area (Å²) >= 11 is 0. The van der Waals surface area contributed by atoms with Crippen LogP contribution in [0.2, 0.25) is 0 Å². The first-order chi connectivity index (χ1) is 18.8. The average molecular weight is 546 g/mol. The van der Waals surface area contributed by atoms with Gasteiger partial charge in [-0.3, -0.25) is 19.3 Å². The summed E-state index contributed by atoms with van der Waals surface area (Å²) in [6.45, 7) is 0.924. The van der Waals surface area contributed by atoms with Crippen LogP contribution in [0.4, 0.5) is 5.69 Å². The first kappa shape index (κ1) is 27.5. The van der Waals surface area contributed by atoms with Crippen LogP contribution in [0.1, 0.15) is 34.6 Å². The number of nitrogens with zero attached hydrogens (tertiary/aromatic N) is 1. The van der Waals surface area contributed by atoms with Crippen LogP contribution in [0.5, 0.6) is 0 Å². The van der Waals surface area contributed by atoms with E-state index >= 15 is 0 Å². The third-order valence-corrected chi connectivity index (χ3v) is 7.31. The maximum Gasteiger partial charge on any atom is 0.251 e. The molecule has 0 radical (unpaired) electrons. The zero-order valence-corrected chi connectivity index (χ0v) is 21.9. The van der Waals surface area contributed by atoms with Crippen molar-refractivity contribution in [2.45, 2.75) is 24.4 Å². The van der Waals surface area contributed by atoms with Crippen molar-refractivity contribution in [3.05, 3.63) is 120 Å². The lowest BCUT2D eigenvalue weighted by Gasteiger charge is -2.30. The van der Waals surface area contributed by atoms with Crippen LogP contribution in [0.3, 0.4) is 0 Å². The Morgan fingerprint density at radius 2 is 1.56 bits per heavy atom. The van der Waals surface area contributed by atoms with Gasteiger partial charge in [0.15, 0.2) is 11.8 Å². The highest BCUT2D eigenvalue weighted by molar-refractivity contribution is 7.89. The number of hydrogen-bond acceptors (Lipinski definition) is 6. The molecule has 1 atom stereocenters. The number of Topliss-reactive ketones (excluding diaryl/α,β-unsaturated/α-hetero) is 1. The van der Waals surface area contributed by atoms with Gasteiger partial charge < -0.3 is 9.73 Å². The molecule has 2 N–H and O–H groups in total. The third-order valence-electron chi connectivity index (χ3n) is 5.90. The number of amides is 2. The number of carbonyl (C=O) groups is 3. The van der Waals surface area contributed by atoms with Gasteiger partial charge in [-0.05, 0) is 48.9 Å². The lowest BCUT2D eigenvalue weighted by molar-refractivity contribution is -0.126. The molecular weight excluding hydrogens is 518 g/mol. The van der Waals surface area contributed by atoms with E-state index in [0.717, 1.165) is 10.5 Å². The molecule has 0 bridgehead atoms. The van der Waals surface area contributed by atoms with Gasteiger partial charge in [-0.1, -0.05) is 60.7 Å². The number of hydrogen-bond donors (Lipinski definition) is 2. The highest BCUT2D eigenvalue weighted by Crippen LogP contribution is 2.29. The standard InChI is InChI=1S/C29H27N3O6S/c1-21(33)23-12-8-13-24(18-23)32(27(34)20-31-39(36,37)25-14-6-3-7-15-25)28(26-16-9-17-38-26)29(35)30-19-22-10-4-2-5-11-22/h2-18,28,31H,19-20H2,1H3,(H,30,35)/t28-/m1/s1. The molecule has 200 valence electrons. The predicted octanol–water partition coefficient (Wildman–Crippen LogP) is 3.85. The van der Waals surface area contributed by atoms with Crippen LogP contribution in [0.25, 0.3) is 0 Å². The molecule has 0 fully saturated rings. The molecule has 0 spiro atoms. The second kappa shape index (κ2) is 12.3. The average Bonchev–Trinajstić information content (AvgIpc) is 3.49. The van der Waals surface area contributed by atoms with Gasteiger partial charge in [0.25, 0.3) is 5.91 Å². The van der Waals surface area contributed by atoms with Crippen LogP contribution in [0, 0.1) is 0 Å². The Morgan fingerprint density at radius 3 is 2.21 bits per heavy atom. The number of sulfonamides is 1.